The van der Waals surface area contributed by atoms with Crippen molar-refractivity contribution in [3.63, 3.8) is 0 Å². The van der Waals surface area contributed by atoms with Crippen molar-refractivity contribution >= 4 is 23.6 Å². The molecule has 0 saturated carbocycles. The van der Waals surface area contributed by atoms with E-state index in [1.54, 1.807) is 0 Å². The molecule has 0 aromatic carbocycles. The summed E-state index contributed by atoms with van der Waals surface area (Å²) >= 11 is 0. The first-order chi connectivity index (χ1) is 26.9. The topological polar surface area (TPSA) is 71.0 Å². The van der Waals surface area contributed by atoms with Crippen molar-refractivity contribution in [3.8, 4) is 0 Å². The fourth-order valence-electron chi connectivity index (χ4n) is 7.89. The smallest absolute Gasteiger partial charge is 0.0878 e. The molecule has 296 valence electrons. The van der Waals surface area contributed by atoms with E-state index in [-0.39, 0.29) is 12.2 Å². The highest BCUT2D eigenvalue weighted by atomic mass is 16.5. The molecular weight excluding hydrogens is 665 g/mol. The standard InChI is InChI=1S/C48H72N4O2/c1-5-7-9-11-13-15-17-19-21-23-31-53-38(3)46-37-48(39(4)54-32-24-22-20-18-16-14-12-10-8-6-2)36-45-30-29-43(51-45)34-41-26-25-40(49-41)33-42-27-28-44(50-42)35-47(46)52-48/h25-30,33-36,38-39,49,52H,5-24,31-32,37H2,1-4H3/b40-33-,41-34-,44-35-,45-36-/i37D. The molecule has 5 heterocycles. The minimum absolute atomic E-state index is 0.235. The molecule has 1 aromatic heterocycles. The SMILES string of the molecule is [2H]C1C(C(C)OCCCCCCCCCCCC)=C2/C=C3/C=CC(=N3)/C=c3/cc/c([nH]3)=C/C3=NC(=C\C1(C(C)OCCCCCCCCCCCC)N2)/C=C3. The summed E-state index contributed by atoms with van der Waals surface area (Å²) < 4.78 is 23.3. The van der Waals surface area contributed by atoms with Crippen LogP contribution in [0.25, 0.3) is 12.2 Å². The summed E-state index contributed by atoms with van der Waals surface area (Å²) in [5, 5.41) is 5.85. The zero-order chi connectivity index (χ0) is 38.7. The molecule has 5 rings (SSSR count). The van der Waals surface area contributed by atoms with Crippen LogP contribution in [0, 0.1) is 0 Å². The molecule has 6 heteroatoms. The number of fused-ring (bicyclic) bond motifs is 6. The number of ether oxygens (including phenoxy) is 2. The average Bonchev–Trinajstić information content (AvgIpc) is 3.98. The zero-order valence-corrected chi connectivity index (χ0v) is 34.3. The molecule has 6 nitrogen and oxygen atoms in total. The van der Waals surface area contributed by atoms with E-state index in [0.29, 0.717) is 13.2 Å². The van der Waals surface area contributed by atoms with Gasteiger partial charge in [0.1, 0.15) is 0 Å². The average molecular weight is 738 g/mol. The van der Waals surface area contributed by atoms with Crippen molar-refractivity contribution < 1.29 is 10.8 Å². The van der Waals surface area contributed by atoms with Crippen molar-refractivity contribution in [2.75, 3.05) is 13.2 Å². The zero-order valence-electron chi connectivity index (χ0n) is 35.3. The second-order valence-electron chi connectivity index (χ2n) is 16.0. The highest BCUT2D eigenvalue weighted by molar-refractivity contribution is 6.20. The molecule has 0 radical (unpaired) electrons. The van der Waals surface area contributed by atoms with Crippen molar-refractivity contribution in [2.24, 2.45) is 9.98 Å². The lowest BCUT2D eigenvalue weighted by Gasteiger charge is -2.35. The molecule has 0 spiro atoms. The van der Waals surface area contributed by atoms with Gasteiger partial charge in [-0.2, -0.15) is 0 Å². The Morgan fingerprint density at radius 1 is 0.630 bits per heavy atom. The van der Waals surface area contributed by atoms with E-state index in [4.69, 9.17) is 19.5 Å². The highest BCUT2D eigenvalue weighted by Gasteiger charge is 2.43. The largest absolute Gasteiger partial charge is 0.376 e. The predicted molar refractivity (Wildman–Crippen MR) is 230 cm³/mol. The fraction of sp³-hybridized carbons (Fsp3) is 0.625. The number of allylic oxidation sites excluding steroid dienone is 5. The quantitative estimate of drug-likeness (QED) is 0.0930. The number of H-pyrrole nitrogens is 1. The predicted octanol–water partition coefficient (Wildman–Crippen LogP) is 11.0. The van der Waals surface area contributed by atoms with Gasteiger partial charge in [0.05, 0.1) is 40.6 Å². The monoisotopic (exact) mass is 738 g/mol. The van der Waals surface area contributed by atoms with Gasteiger partial charge in [-0.3, -0.25) is 0 Å². The van der Waals surface area contributed by atoms with Crippen molar-refractivity contribution in [3.05, 3.63) is 82.0 Å². The number of aromatic amines is 1. The van der Waals surface area contributed by atoms with E-state index in [2.05, 4.69) is 98.7 Å². The Bertz CT molecular complexity index is 1690. The Hall–Kier alpha value is -3.22. The van der Waals surface area contributed by atoms with Crippen LogP contribution in [0.4, 0.5) is 0 Å². The second-order valence-corrected chi connectivity index (χ2v) is 16.0. The van der Waals surface area contributed by atoms with Crippen molar-refractivity contribution in [1.82, 2.24) is 10.3 Å². The van der Waals surface area contributed by atoms with Gasteiger partial charge in [0.2, 0.25) is 0 Å². The lowest BCUT2D eigenvalue weighted by molar-refractivity contribution is 0.0163. The summed E-state index contributed by atoms with van der Waals surface area (Å²) in [6.45, 7) is 10.2. The molecule has 1 aromatic rings. The Labute approximate surface area is 329 Å². The number of rotatable bonds is 26. The van der Waals surface area contributed by atoms with Gasteiger partial charge in [0, 0.05) is 37.4 Å². The maximum atomic E-state index is 9.99. The Morgan fingerprint density at radius 2 is 1.11 bits per heavy atom. The summed E-state index contributed by atoms with van der Waals surface area (Å²) in [6.07, 6.45) is 41.3. The Balaban J connectivity index is 1.29. The molecule has 0 aliphatic carbocycles. The summed E-state index contributed by atoms with van der Waals surface area (Å²) in [5.74, 6) is 0. The van der Waals surface area contributed by atoms with Gasteiger partial charge in [-0.25, -0.2) is 9.98 Å². The van der Waals surface area contributed by atoms with Crippen LogP contribution in [0.5, 0.6) is 0 Å². The number of unbranched alkanes of at least 4 members (excludes halogenated alkanes) is 18. The molecule has 4 aliphatic rings. The molecule has 0 saturated heterocycles. The molecule has 8 bridgehead atoms. The molecule has 0 fully saturated rings. The maximum absolute atomic E-state index is 9.99. The van der Waals surface area contributed by atoms with Crippen molar-refractivity contribution in [2.45, 2.75) is 180 Å². The minimum Gasteiger partial charge on any atom is -0.376 e. The third kappa shape index (κ3) is 13.5. The van der Waals surface area contributed by atoms with Crippen LogP contribution in [0.15, 0.2) is 81.2 Å². The number of aromatic nitrogens is 1. The van der Waals surface area contributed by atoms with E-state index in [1.807, 2.05) is 0 Å². The first-order valence-corrected chi connectivity index (χ1v) is 22.0. The molecular formula is C48H72N4O2. The molecule has 4 aliphatic heterocycles. The number of hydrogen-bond donors (Lipinski definition) is 2. The molecule has 2 N–H and O–H groups in total. The summed E-state index contributed by atoms with van der Waals surface area (Å²) in [7, 11) is 0. The van der Waals surface area contributed by atoms with E-state index >= 15 is 0 Å². The number of aliphatic imine (C=N–C) groups is 2. The van der Waals surface area contributed by atoms with Gasteiger partial charge in [0.25, 0.3) is 0 Å². The summed E-state index contributed by atoms with van der Waals surface area (Å²) in [5.41, 5.74) is 4.46. The van der Waals surface area contributed by atoms with Crippen molar-refractivity contribution in [1.29, 1.82) is 0 Å². The number of nitrogens with zero attached hydrogens (tertiary/aromatic N) is 2. The van der Waals surface area contributed by atoms with Crippen LogP contribution in [0.2, 0.25) is 0 Å². The highest BCUT2D eigenvalue weighted by Crippen LogP contribution is 2.38. The maximum Gasteiger partial charge on any atom is 0.0878 e. The van der Waals surface area contributed by atoms with Crippen LogP contribution in [0.3, 0.4) is 0 Å². The van der Waals surface area contributed by atoms with Gasteiger partial charge in [-0.05, 0) is 93.0 Å². The summed E-state index contributed by atoms with van der Waals surface area (Å²) in [4.78, 5) is 13.5. The van der Waals surface area contributed by atoms with Gasteiger partial charge in [0.15, 0.2) is 0 Å². The van der Waals surface area contributed by atoms with E-state index in [9.17, 15) is 1.37 Å². The first-order valence-electron chi connectivity index (χ1n) is 22.5. The molecule has 4 atom stereocenters. The Morgan fingerprint density at radius 3 is 1.67 bits per heavy atom. The Kier molecular flexibility index (Phi) is 17.2. The first kappa shape index (κ1) is 40.4. The van der Waals surface area contributed by atoms with Crippen LogP contribution in [0.1, 0.15) is 164 Å². The summed E-state index contributed by atoms with van der Waals surface area (Å²) in [6, 6.07) is 4.14. The van der Waals surface area contributed by atoms with Crippen LogP contribution >= 0.6 is 0 Å². The van der Waals surface area contributed by atoms with Gasteiger partial charge in [-0.15, -0.1) is 0 Å². The van der Waals surface area contributed by atoms with E-state index < -0.39 is 11.9 Å². The van der Waals surface area contributed by atoms with Gasteiger partial charge in [-0.1, -0.05) is 129 Å². The fourth-order valence-corrected chi connectivity index (χ4v) is 7.89. The molecule has 54 heavy (non-hydrogen) atoms. The minimum atomic E-state index is -0.842. The lowest BCUT2D eigenvalue weighted by Crippen LogP contribution is -2.49. The van der Waals surface area contributed by atoms with E-state index in [1.165, 1.54) is 116 Å². The normalized spacial score (nSPS) is 24.7. The number of hydrogen-bond acceptors (Lipinski definition) is 5. The van der Waals surface area contributed by atoms with Crippen LogP contribution < -0.4 is 16.0 Å². The third-order valence-electron chi connectivity index (χ3n) is 11.3. The van der Waals surface area contributed by atoms with Crippen LogP contribution in [-0.4, -0.2) is 47.4 Å². The molecule has 0 amide bonds. The van der Waals surface area contributed by atoms with Crippen LogP contribution in [-0.2, 0) is 9.47 Å². The lowest BCUT2D eigenvalue weighted by atomic mass is 9.86. The second kappa shape index (κ2) is 23.0. The van der Waals surface area contributed by atoms with Gasteiger partial charge < -0.3 is 19.8 Å². The van der Waals surface area contributed by atoms with E-state index in [0.717, 1.165) is 57.6 Å². The molecule has 4 unspecified atom stereocenters. The van der Waals surface area contributed by atoms with Gasteiger partial charge >= 0.3 is 0 Å². The number of nitrogens with one attached hydrogen (secondary N) is 2. The third-order valence-corrected chi connectivity index (χ3v) is 11.3.